The van der Waals surface area contributed by atoms with Crippen LogP contribution in [-0.2, 0) is 17.9 Å². The van der Waals surface area contributed by atoms with Gasteiger partial charge in [-0.3, -0.25) is 0 Å². The van der Waals surface area contributed by atoms with Gasteiger partial charge in [-0.2, -0.15) is 0 Å². The molecule has 1 aliphatic rings. The Balaban J connectivity index is 1.85. The van der Waals surface area contributed by atoms with Gasteiger partial charge in [-0.15, -0.1) is 0 Å². The van der Waals surface area contributed by atoms with E-state index in [0.717, 1.165) is 11.2 Å². The van der Waals surface area contributed by atoms with Crippen molar-refractivity contribution in [2.75, 3.05) is 0 Å². The van der Waals surface area contributed by atoms with Crippen LogP contribution in [0.5, 0.6) is 0 Å². The smallest absolute Gasteiger partial charge is 0.224 e. The fraction of sp³-hybridized carbons (Fsp3) is 0.382. The van der Waals surface area contributed by atoms with E-state index in [1.54, 1.807) is 0 Å². The first-order valence-corrected chi connectivity index (χ1v) is 13.4. The minimum absolute atomic E-state index is 0.0894. The molecule has 5 aromatic rings. The molecule has 36 heavy (non-hydrogen) atoms. The Kier molecular flexibility index (Phi) is 4.97. The highest BCUT2D eigenvalue weighted by Gasteiger charge is 2.42. The van der Waals surface area contributed by atoms with E-state index in [4.69, 9.17) is 4.42 Å². The molecule has 0 bridgehead atoms. The topological polar surface area (TPSA) is 17.0 Å². The standard InChI is InChI=1S/C34H38NO/c1-20(2)22-13-14-24-23(19-22)15-18-35(8)31(24)27-21(3)29-30(34(6,7)17-16-33(29,4)5)28-25-11-9-10-12-26(25)36-32(27)28/h9-15,18-20H,16-17H2,1-8H3/q+1. The third kappa shape index (κ3) is 3.19. The lowest BCUT2D eigenvalue weighted by Gasteiger charge is -2.43. The Labute approximate surface area is 214 Å². The highest BCUT2D eigenvalue weighted by atomic mass is 16.3. The Bertz CT molecular complexity index is 1680. The maximum absolute atomic E-state index is 6.80. The number of nitrogens with zero attached hydrogens (tertiary/aromatic N) is 1. The predicted molar refractivity (Wildman–Crippen MR) is 152 cm³/mol. The van der Waals surface area contributed by atoms with Crippen LogP contribution in [0.15, 0.2) is 59.1 Å². The summed E-state index contributed by atoms with van der Waals surface area (Å²) in [6, 6.07) is 17.8. The lowest BCUT2D eigenvalue weighted by Crippen LogP contribution is -2.36. The van der Waals surface area contributed by atoms with Gasteiger partial charge < -0.3 is 4.42 Å². The number of para-hydroxylation sites is 1. The number of fused-ring (bicyclic) bond motifs is 6. The number of aryl methyl sites for hydroxylation is 1. The van der Waals surface area contributed by atoms with Gasteiger partial charge in [-0.1, -0.05) is 71.9 Å². The molecule has 2 heteroatoms. The van der Waals surface area contributed by atoms with Crippen LogP contribution in [0.2, 0.25) is 0 Å². The zero-order chi connectivity index (χ0) is 25.6. The zero-order valence-electron chi connectivity index (χ0n) is 23.0. The number of rotatable bonds is 2. The minimum Gasteiger partial charge on any atom is -0.455 e. The van der Waals surface area contributed by atoms with E-state index in [2.05, 4.69) is 115 Å². The number of hydrogen-bond donors (Lipinski definition) is 0. The first-order chi connectivity index (χ1) is 17.0. The largest absolute Gasteiger partial charge is 0.455 e. The average molecular weight is 477 g/mol. The van der Waals surface area contributed by atoms with E-state index in [1.807, 2.05) is 0 Å². The van der Waals surface area contributed by atoms with Crippen LogP contribution in [0.25, 0.3) is 44.0 Å². The molecule has 0 amide bonds. The van der Waals surface area contributed by atoms with Crippen molar-refractivity contribution >= 4 is 32.7 Å². The summed E-state index contributed by atoms with van der Waals surface area (Å²) >= 11 is 0. The third-order valence-corrected chi connectivity index (χ3v) is 8.87. The van der Waals surface area contributed by atoms with E-state index < -0.39 is 0 Å². The average Bonchev–Trinajstić information content (AvgIpc) is 3.21. The van der Waals surface area contributed by atoms with Gasteiger partial charge in [0.05, 0.1) is 10.9 Å². The number of furan rings is 1. The normalized spacial score (nSPS) is 16.8. The SMILES string of the molecule is Cc1c2c(c3c(oc4ccccc43)c1-c1c3ccc(C(C)C)cc3cc[n+]1C)C(C)(C)CCC2(C)C. The molecule has 0 saturated heterocycles. The highest BCUT2D eigenvalue weighted by Crippen LogP contribution is 2.54. The Morgan fingerprint density at radius 3 is 2.28 bits per heavy atom. The number of hydrogen-bond acceptors (Lipinski definition) is 1. The van der Waals surface area contributed by atoms with Crippen molar-refractivity contribution in [1.29, 1.82) is 0 Å². The van der Waals surface area contributed by atoms with Gasteiger partial charge in [0.25, 0.3) is 0 Å². The summed E-state index contributed by atoms with van der Waals surface area (Å²) in [5, 5.41) is 5.12. The zero-order valence-corrected chi connectivity index (χ0v) is 23.0. The molecule has 0 unspecified atom stereocenters. The van der Waals surface area contributed by atoms with Crippen LogP contribution in [0.4, 0.5) is 0 Å². The molecule has 1 aliphatic carbocycles. The molecule has 0 aliphatic heterocycles. The highest BCUT2D eigenvalue weighted by molar-refractivity contribution is 6.14. The van der Waals surface area contributed by atoms with Crippen molar-refractivity contribution in [3.63, 3.8) is 0 Å². The van der Waals surface area contributed by atoms with Gasteiger partial charge in [-0.25, -0.2) is 4.57 Å². The fourth-order valence-electron chi connectivity index (χ4n) is 6.82. The Morgan fingerprint density at radius 2 is 1.56 bits per heavy atom. The molecule has 0 radical (unpaired) electrons. The summed E-state index contributed by atoms with van der Waals surface area (Å²) in [5.74, 6) is 0.502. The first kappa shape index (κ1) is 23.3. The molecule has 6 rings (SSSR count). The van der Waals surface area contributed by atoms with Crippen molar-refractivity contribution in [3.05, 3.63) is 77.0 Å². The summed E-state index contributed by atoms with van der Waals surface area (Å²) in [5.41, 5.74) is 10.4. The number of aromatic nitrogens is 1. The Hall–Kier alpha value is -3.13. The molecule has 0 spiro atoms. The second-order valence-electron chi connectivity index (χ2n) is 12.6. The van der Waals surface area contributed by atoms with Gasteiger partial charge in [-0.05, 0) is 76.3 Å². The van der Waals surface area contributed by atoms with Gasteiger partial charge in [0.1, 0.15) is 18.2 Å². The lowest BCUT2D eigenvalue weighted by molar-refractivity contribution is -0.659. The van der Waals surface area contributed by atoms with Gasteiger partial charge in [0.2, 0.25) is 5.69 Å². The summed E-state index contributed by atoms with van der Waals surface area (Å²) in [4.78, 5) is 0. The number of benzene rings is 3. The molecule has 2 aromatic heterocycles. The van der Waals surface area contributed by atoms with Crippen LogP contribution in [0.1, 0.15) is 82.6 Å². The van der Waals surface area contributed by atoms with Gasteiger partial charge in [0, 0.05) is 16.8 Å². The third-order valence-electron chi connectivity index (χ3n) is 8.87. The van der Waals surface area contributed by atoms with E-state index in [-0.39, 0.29) is 10.8 Å². The van der Waals surface area contributed by atoms with Gasteiger partial charge >= 0.3 is 0 Å². The molecule has 2 nitrogen and oxygen atoms in total. The maximum Gasteiger partial charge on any atom is 0.224 e. The van der Waals surface area contributed by atoms with Crippen LogP contribution in [0, 0.1) is 6.92 Å². The van der Waals surface area contributed by atoms with E-state index in [9.17, 15) is 0 Å². The molecule has 184 valence electrons. The predicted octanol–water partition coefficient (Wildman–Crippen LogP) is 9.01. The van der Waals surface area contributed by atoms with Crippen molar-refractivity contribution in [2.45, 2.75) is 78.1 Å². The van der Waals surface area contributed by atoms with Crippen molar-refractivity contribution in [3.8, 4) is 11.3 Å². The number of pyridine rings is 1. The van der Waals surface area contributed by atoms with Crippen LogP contribution in [-0.4, -0.2) is 0 Å². The van der Waals surface area contributed by atoms with Crippen LogP contribution < -0.4 is 4.57 Å². The van der Waals surface area contributed by atoms with E-state index in [1.165, 1.54) is 67.9 Å². The summed E-state index contributed by atoms with van der Waals surface area (Å²) in [6.45, 7) is 16.6. The molecule has 3 aromatic carbocycles. The molecular weight excluding hydrogens is 438 g/mol. The quantitative estimate of drug-likeness (QED) is 0.232. The first-order valence-electron chi connectivity index (χ1n) is 13.4. The molecule has 0 N–H and O–H groups in total. The van der Waals surface area contributed by atoms with E-state index in [0.29, 0.717) is 5.92 Å². The van der Waals surface area contributed by atoms with Crippen molar-refractivity contribution in [2.24, 2.45) is 7.05 Å². The Morgan fingerprint density at radius 1 is 0.861 bits per heavy atom. The van der Waals surface area contributed by atoms with Crippen LogP contribution >= 0.6 is 0 Å². The van der Waals surface area contributed by atoms with Crippen LogP contribution in [0.3, 0.4) is 0 Å². The molecule has 0 saturated carbocycles. The summed E-state index contributed by atoms with van der Waals surface area (Å²) in [6.07, 6.45) is 4.58. The molecule has 0 atom stereocenters. The summed E-state index contributed by atoms with van der Waals surface area (Å²) < 4.78 is 9.09. The lowest BCUT2D eigenvalue weighted by atomic mass is 9.60. The monoisotopic (exact) mass is 476 g/mol. The molecule has 0 fully saturated rings. The van der Waals surface area contributed by atoms with Crippen molar-refractivity contribution in [1.82, 2.24) is 0 Å². The fourth-order valence-corrected chi connectivity index (χ4v) is 6.82. The molecule has 2 heterocycles. The minimum atomic E-state index is 0.0894. The van der Waals surface area contributed by atoms with Crippen molar-refractivity contribution < 1.29 is 8.98 Å². The second kappa shape index (κ2) is 7.68. The summed E-state index contributed by atoms with van der Waals surface area (Å²) in [7, 11) is 2.17. The maximum atomic E-state index is 6.80. The van der Waals surface area contributed by atoms with E-state index >= 15 is 0 Å². The van der Waals surface area contributed by atoms with Gasteiger partial charge in [0.15, 0.2) is 6.20 Å². The second-order valence-corrected chi connectivity index (χ2v) is 12.6. The molecular formula is C34H38NO+.